The van der Waals surface area contributed by atoms with Crippen molar-refractivity contribution < 1.29 is 0 Å². The lowest BCUT2D eigenvalue weighted by Gasteiger charge is -1.92. The van der Waals surface area contributed by atoms with E-state index in [1.54, 1.807) is 12.2 Å². The number of allylic oxidation sites excluding steroid dienone is 4. The average Bonchev–Trinajstić information content (AvgIpc) is 2.40. The molecule has 0 aliphatic carbocycles. The summed E-state index contributed by atoms with van der Waals surface area (Å²) in [4.78, 5) is 0. The van der Waals surface area contributed by atoms with Gasteiger partial charge in [0.25, 0.3) is 0 Å². The molecule has 0 saturated heterocycles. The Morgan fingerprint density at radius 1 is 0.889 bits per heavy atom. The van der Waals surface area contributed by atoms with Crippen LogP contribution in [0.4, 0.5) is 0 Å². The minimum Gasteiger partial charge on any atom is -0.301 e. The fourth-order valence-corrected chi connectivity index (χ4v) is 0.368. The lowest BCUT2D eigenvalue weighted by Crippen LogP contribution is -1.89. The van der Waals surface area contributed by atoms with Crippen molar-refractivity contribution in [1.29, 1.82) is 5.41 Å². The monoisotopic (exact) mass is 253 g/mol. The van der Waals surface area contributed by atoms with E-state index in [9.17, 15) is 0 Å². The van der Waals surface area contributed by atoms with Crippen LogP contribution in [0, 0.1) is 5.41 Å². The Kier molecular flexibility index (Phi) is 35.5. The third-order valence-corrected chi connectivity index (χ3v) is 1.49. The largest absolute Gasteiger partial charge is 0.301 e. The van der Waals surface area contributed by atoms with Gasteiger partial charge in [0.2, 0.25) is 0 Å². The lowest BCUT2D eigenvalue weighted by molar-refractivity contribution is 0.886. The fraction of sp³-hybridized carbons (Fsp3) is 0.588. The molecule has 0 atom stereocenters. The Labute approximate surface area is 116 Å². The maximum Gasteiger partial charge on any atom is 0.0563 e. The summed E-state index contributed by atoms with van der Waals surface area (Å²) in [7, 11) is 0. The molecule has 0 spiro atoms. The molecule has 1 nitrogen and oxygen atoms in total. The van der Waals surface area contributed by atoms with Crippen LogP contribution in [-0.2, 0) is 0 Å². The molecular weight excluding hydrogens is 218 g/mol. The maximum atomic E-state index is 7.31. The van der Waals surface area contributed by atoms with Crippen LogP contribution in [0.3, 0.4) is 0 Å². The molecule has 1 heteroatoms. The molecule has 1 N–H and O–H groups in total. The van der Waals surface area contributed by atoms with E-state index in [0.717, 1.165) is 11.1 Å². The van der Waals surface area contributed by atoms with Crippen molar-refractivity contribution in [2.75, 3.05) is 0 Å². The SMILES string of the molecule is C=C(C)/C=C\C(=N)C(=C)C.CC.CC.CCCC. The zero-order valence-electron chi connectivity index (χ0n) is 14.0. The van der Waals surface area contributed by atoms with Gasteiger partial charge in [-0.05, 0) is 25.5 Å². The molecule has 0 aromatic carbocycles. The predicted octanol–water partition coefficient (Wildman–Crippen LogP) is 6.57. The first-order valence-electron chi connectivity index (χ1n) is 7.03. The summed E-state index contributed by atoms with van der Waals surface area (Å²) in [6.45, 7) is 23.4. The summed E-state index contributed by atoms with van der Waals surface area (Å²) in [5.41, 5.74) is 2.19. The molecule has 0 heterocycles. The predicted molar refractivity (Wildman–Crippen MR) is 89.8 cm³/mol. The molecule has 0 bridgehead atoms. The Hall–Kier alpha value is -1.11. The first-order valence-corrected chi connectivity index (χ1v) is 7.03. The fourth-order valence-electron chi connectivity index (χ4n) is 0.368. The summed E-state index contributed by atoms with van der Waals surface area (Å²) >= 11 is 0. The Bertz CT molecular complexity index is 220. The van der Waals surface area contributed by atoms with E-state index in [2.05, 4.69) is 27.0 Å². The number of hydrogen-bond acceptors (Lipinski definition) is 1. The number of unbranched alkanes of at least 4 members (excludes halogenated alkanes) is 1. The van der Waals surface area contributed by atoms with E-state index in [4.69, 9.17) is 5.41 Å². The van der Waals surface area contributed by atoms with Gasteiger partial charge in [-0.2, -0.15) is 0 Å². The molecule has 0 saturated carbocycles. The molecule has 0 radical (unpaired) electrons. The summed E-state index contributed by atoms with van der Waals surface area (Å²) in [6.07, 6.45) is 6.14. The van der Waals surface area contributed by atoms with Crippen LogP contribution >= 0.6 is 0 Å². The van der Waals surface area contributed by atoms with E-state index >= 15 is 0 Å². The van der Waals surface area contributed by atoms with Crippen LogP contribution in [0.1, 0.15) is 68.2 Å². The van der Waals surface area contributed by atoms with E-state index in [1.165, 1.54) is 12.8 Å². The van der Waals surface area contributed by atoms with Gasteiger partial charge in [-0.3, -0.25) is 0 Å². The van der Waals surface area contributed by atoms with Crippen LogP contribution in [-0.4, -0.2) is 5.71 Å². The van der Waals surface area contributed by atoms with Gasteiger partial charge < -0.3 is 5.41 Å². The van der Waals surface area contributed by atoms with E-state index in [0.29, 0.717) is 5.71 Å². The van der Waals surface area contributed by atoms with Gasteiger partial charge in [0.05, 0.1) is 5.71 Å². The lowest BCUT2D eigenvalue weighted by atomic mass is 10.2. The molecule has 0 rings (SSSR count). The smallest absolute Gasteiger partial charge is 0.0563 e. The van der Waals surface area contributed by atoms with Gasteiger partial charge in [-0.15, -0.1) is 0 Å². The highest BCUT2D eigenvalue weighted by Crippen LogP contribution is 1.95. The Morgan fingerprint density at radius 2 is 1.22 bits per heavy atom. The second-order valence-electron chi connectivity index (χ2n) is 3.37. The first kappa shape index (κ1) is 25.7. The van der Waals surface area contributed by atoms with Crippen LogP contribution < -0.4 is 0 Å². The molecule has 0 aliphatic rings. The minimum atomic E-state index is 0.461. The molecule has 0 aliphatic heterocycles. The van der Waals surface area contributed by atoms with Gasteiger partial charge in [0.1, 0.15) is 0 Å². The van der Waals surface area contributed by atoms with Crippen molar-refractivity contribution >= 4 is 5.71 Å². The summed E-state index contributed by atoms with van der Waals surface area (Å²) in [5.74, 6) is 0. The number of nitrogens with one attached hydrogen (secondary N) is 1. The topological polar surface area (TPSA) is 23.9 Å². The van der Waals surface area contributed by atoms with Crippen molar-refractivity contribution in [1.82, 2.24) is 0 Å². The van der Waals surface area contributed by atoms with Crippen LogP contribution in [0.2, 0.25) is 0 Å². The Morgan fingerprint density at radius 3 is 1.39 bits per heavy atom. The quantitative estimate of drug-likeness (QED) is 0.432. The highest BCUT2D eigenvalue weighted by molar-refractivity contribution is 6.05. The standard InChI is InChI=1S/C9H13N.C4H10.2C2H6/c1-7(2)5-6-9(10)8(3)4;1-3-4-2;2*1-2/h5-6,10H,1,3H2,2,4H3;3-4H2,1-2H3;2*1-2H3/b6-5-,10-9?;;;. The average molecular weight is 253 g/mol. The molecule has 108 valence electrons. The summed E-state index contributed by atoms with van der Waals surface area (Å²) in [5, 5.41) is 7.31. The maximum absolute atomic E-state index is 7.31. The zero-order valence-corrected chi connectivity index (χ0v) is 14.0. The van der Waals surface area contributed by atoms with Gasteiger partial charge in [-0.1, -0.05) is 79.2 Å². The zero-order chi connectivity index (χ0) is 15.6. The van der Waals surface area contributed by atoms with Crippen LogP contribution in [0.15, 0.2) is 36.5 Å². The summed E-state index contributed by atoms with van der Waals surface area (Å²) in [6, 6.07) is 0. The van der Waals surface area contributed by atoms with Crippen molar-refractivity contribution in [3.63, 3.8) is 0 Å². The van der Waals surface area contributed by atoms with Crippen molar-refractivity contribution in [3.8, 4) is 0 Å². The second kappa shape index (κ2) is 24.9. The highest BCUT2D eigenvalue weighted by Gasteiger charge is 1.88. The molecule has 0 aromatic heterocycles. The van der Waals surface area contributed by atoms with E-state index < -0.39 is 0 Å². The number of hydrogen-bond donors (Lipinski definition) is 1. The van der Waals surface area contributed by atoms with Gasteiger partial charge in [0, 0.05) is 0 Å². The molecule has 0 unspecified atom stereocenters. The molecule has 0 aromatic rings. The third kappa shape index (κ3) is 36.3. The number of rotatable bonds is 4. The molecule has 0 fully saturated rings. The highest BCUT2D eigenvalue weighted by atomic mass is 14.4. The van der Waals surface area contributed by atoms with Crippen LogP contribution in [0.25, 0.3) is 0 Å². The van der Waals surface area contributed by atoms with E-state index in [-0.39, 0.29) is 0 Å². The van der Waals surface area contributed by atoms with E-state index in [1.807, 2.05) is 41.5 Å². The normalized spacial score (nSPS) is 7.78. The molecule has 18 heavy (non-hydrogen) atoms. The molecular formula is C17H35N. The van der Waals surface area contributed by atoms with Crippen molar-refractivity contribution in [3.05, 3.63) is 36.5 Å². The first-order chi connectivity index (χ1) is 8.45. The van der Waals surface area contributed by atoms with Crippen molar-refractivity contribution in [2.45, 2.75) is 68.2 Å². The third-order valence-electron chi connectivity index (χ3n) is 1.49. The van der Waals surface area contributed by atoms with Gasteiger partial charge >= 0.3 is 0 Å². The van der Waals surface area contributed by atoms with Crippen molar-refractivity contribution in [2.24, 2.45) is 0 Å². The summed E-state index contributed by atoms with van der Waals surface area (Å²) < 4.78 is 0. The van der Waals surface area contributed by atoms with Crippen LogP contribution in [0.5, 0.6) is 0 Å². The second-order valence-corrected chi connectivity index (χ2v) is 3.37. The van der Waals surface area contributed by atoms with Gasteiger partial charge in [0.15, 0.2) is 0 Å². The minimum absolute atomic E-state index is 0.461. The van der Waals surface area contributed by atoms with Gasteiger partial charge in [-0.25, -0.2) is 0 Å². The molecule has 0 amide bonds. The Balaban J connectivity index is -0.000000102.